The number of urea groups is 1. The summed E-state index contributed by atoms with van der Waals surface area (Å²) < 4.78 is 5.27. The minimum absolute atomic E-state index is 0.0258. The highest BCUT2D eigenvalue weighted by atomic mass is 16.5. The molecule has 3 atom stereocenters. The van der Waals surface area contributed by atoms with Crippen LogP contribution in [0.1, 0.15) is 40.0 Å². The number of nitrogens with one attached hydrogen (secondary N) is 2. The Balaban J connectivity index is 2.50. The summed E-state index contributed by atoms with van der Waals surface area (Å²) in [4.78, 5) is 23.1. The minimum Gasteiger partial charge on any atom is -0.480 e. The van der Waals surface area contributed by atoms with Crippen LogP contribution >= 0.6 is 0 Å². The molecular weight excluding hydrogens is 248 g/mol. The Hall–Kier alpha value is -1.30. The van der Waals surface area contributed by atoms with Crippen molar-refractivity contribution in [2.24, 2.45) is 5.92 Å². The quantitative estimate of drug-likeness (QED) is 0.681. The van der Waals surface area contributed by atoms with Gasteiger partial charge in [-0.2, -0.15) is 0 Å². The molecule has 1 aliphatic rings. The van der Waals surface area contributed by atoms with Gasteiger partial charge in [0.1, 0.15) is 5.54 Å². The van der Waals surface area contributed by atoms with Gasteiger partial charge in [0.05, 0.1) is 6.61 Å². The second kappa shape index (κ2) is 6.75. The van der Waals surface area contributed by atoms with Crippen LogP contribution in [-0.4, -0.2) is 41.9 Å². The third-order valence-corrected chi connectivity index (χ3v) is 3.64. The van der Waals surface area contributed by atoms with Crippen molar-refractivity contribution >= 4 is 12.0 Å². The van der Waals surface area contributed by atoms with Gasteiger partial charge in [-0.05, 0) is 26.7 Å². The Morgan fingerprint density at radius 3 is 2.68 bits per heavy atom. The van der Waals surface area contributed by atoms with E-state index in [1.165, 1.54) is 6.92 Å². The summed E-state index contributed by atoms with van der Waals surface area (Å²) in [6.45, 7) is 6.70. The molecule has 1 rings (SSSR count). The van der Waals surface area contributed by atoms with Crippen LogP contribution < -0.4 is 10.6 Å². The molecule has 6 heteroatoms. The van der Waals surface area contributed by atoms with E-state index < -0.39 is 17.5 Å². The van der Waals surface area contributed by atoms with Crippen molar-refractivity contribution in [3.05, 3.63) is 0 Å². The Kier molecular flexibility index (Phi) is 5.60. The van der Waals surface area contributed by atoms with Crippen LogP contribution in [-0.2, 0) is 9.53 Å². The molecule has 0 saturated carbocycles. The molecule has 1 fully saturated rings. The second-order valence-electron chi connectivity index (χ2n) is 5.40. The second-order valence-corrected chi connectivity index (χ2v) is 5.40. The van der Waals surface area contributed by atoms with Crippen LogP contribution in [0.5, 0.6) is 0 Å². The van der Waals surface area contributed by atoms with Crippen LogP contribution in [0.4, 0.5) is 4.79 Å². The van der Waals surface area contributed by atoms with E-state index >= 15 is 0 Å². The van der Waals surface area contributed by atoms with Crippen molar-refractivity contribution < 1.29 is 19.4 Å². The number of ether oxygens (including phenoxy) is 1. The van der Waals surface area contributed by atoms with Gasteiger partial charge in [0, 0.05) is 18.6 Å². The lowest BCUT2D eigenvalue weighted by atomic mass is 9.96. The van der Waals surface area contributed by atoms with Gasteiger partial charge >= 0.3 is 12.0 Å². The molecule has 1 saturated heterocycles. The summed E-state index contributed by atoms with van der Waals surface area (Å²) in [5.74, 6) is -0.714. The van der Waals surface area contributed by atoms with Gasteiger partial charge in [0.15, 0.2) is 0 Å². The molecule has 6 nitrogen and oxygen atoms in total. The first kappa shape index (κ1) is 15.8. The molecule has 3 unspecified atom stereocenters. The predicted molar refractivity (Wildman–Crippen MR) is 71.0 cm³/mol. The summed E-state index contributed by atoms with van der Waals surface area (Å²) in [5.41, 5.74) is -1.22. The number of carboxylic acids is 1. The average Bonchev–Trinajstić information content (AvgIpc) is 2.81. The number of aliphatic carboxylic acids is 1. The fourth-order valence-corrected chi connectivity index (χ4v) is 2.28. The number of rotatable bonds is 6. The molecule has 0 bridgehead atoms. The zero-order chi connectivity index (χ0) is 14.5. The fourth-order valence-electron chi connectivity index (χ4n) is 2.28. The van der Waals surface area contributed by atoms with Crippen LogP contribution in [0, 0.1) is 5.92 Å². The monoisotopic (exact) mass is 272 g/mol. The predicted octanol–water partition coefficient (Wildman–Crippen LogP) is 1.35. The molecule has 0 aliphatic carbocycles. The van der Waals surface area contributed by atoms with Crippen LogP contribution in [0.15, 0.2) is 0 Å². The first-order chi connectivity index (χ1) is 8.89. The number of hydrogen-bond donors (Lipinski definition) is 3. The summed E-state index contributed by atoms with van der Waals surface area (Å²) in [6.07, 6.45) is 2.01. The smallest absolute Gasteiger partial charge is 0.329 e. The molecular formula is C13H24N2O4. The summed E-state index contributed by atoms with van der Waals surface area (Å²) in [6, 6.07) is -0.458. The van der Waals surface area contributed by atoms with Gasteiger partial charge in [-0.15, -0.1) is 0 Å². The maximum absolute atomic E-state index is 11.9. The van der Waals surface area contributed by atoms with Gasteiger partial charge < -0.3 is 20.5 Å². The lowest BCUT2D eigenvalue weighted by Crippen LogP contribution is -2.57. The van der Waals surface area contributed by atoms with E-state index in [1.807, 2.05) is 13.8 Å². The number of hydrogen-bond acceptors (Lipinski definition) is 3. The zero-order valence-electron chi connectivity index (χ0n) is 11.9. The normalized spacial score (nSPS) is 23.4. The van der Waals surface area contributed by atoms with E-state index in [-0.39, 0.29) is 6.04 Å². The maximum Gasteiger partial charge on any atom is 0.329 e. The SMILES string of the molecule is CCCC(C)(NC(=O)NC(C)C1CCOC1)C(=O)O. The van der Waals surface area contributed by atoms with Crippen LogP contribution in [0.3, 0.4) is 0 Å². The number of carbonyl (C=O) groups is 2. The van der Waals surface area contributed by atoms with E-state index in [4.69, 9.17) is 4.74 Å². The minimum atomic E-state index is -1.22. The van der Waals surface area contributed by atoms with Crippen molar-refractivity contribution in [2.45, 2.75) is 51.6 Å². The maximum atomic E-state index is 11.9. The van der Waals surface area contributed by atoms with Crippen molar-refractivity contribution in [3.8, 4) is 0 Å². The van der Waals surface area contributed by atoms with Gasteiger partial charge in [-0.3, -0.25) is 0 Å². The van der Waals surface area contributed by atoms with Crippen molar-refractivity contribution in [3.63, 3.8) is 0 Å². The summed E-state index contributed by atoms with van der Waals surface area (Å²) in [5, 5.41) is 14.6. The van der Waals surface area contributed by atoms with Crippen LogP contribution in [0.2, 0.25) is 0 Å². The molecule has 110 valence electrons. The third kappa shape index (κ3) is 4.38. The molecule has 0 aromatic heterocycles. The molecule has 1 heterocycles. The van der Waals surface area contributed by atoms with Gasteiger partial charge in [0.2, 0.25) is 0 Å². The van der Waals surface area contributed by atoms with Crippen molar-refractivity contribution in [1.29, 1.82) is 0 Å². The fraction of sp³-hybridized carbons (Fsp3) is 0.846. The third-order valence-electron chi connectivity index (χ3n) is 3.64. The standard InChI is InChI=1S/C13H24N2O4/c1-4-6-13(3,11(16)17)15-12(18)14-9(2)10-5-7-19-8-10/h9-10H,4-8H2,1-3H3,(H,16,17)(H2,14,15,18). The highest BCUT2D eigenvalue weighted by Gasteiger charge is 2.34. The summed E-state index contributed by atoms with van der Waals surface area (Å²) >= 11 is 0. The Bertz CT molecular complexity index is 329. The topological polar surface area (TPSA) is 87.7 Å². The number of amides is 2. The first-order valence-electron chi connectivity index (χ1n) is 6.79. The highest BCUT2D eigenvalue weighted by Crippen LogP contribution is 2.17. The molecule has 0 radical (unpaired) electrons. The lowest BCUT2D eigenvalue weighted by Gasteiger charge is -2.28. The largest absolute Gasteiger partial charge is 0.480 e. The Labute approximate surface area is 113 Å². The zero-order valence-corrected chi connectivity index (χ0v) is 11.9. The number of carboxylic acid groups (broad SMARTS) is 1. The molecule has 1 aliphatic heterocycles. The average molecular weight is 272 g/mol. The van der Waals surface area contributed by atoms with E-state index in [0.717, 1.165) is 13.0 Å². The van der Waals surface area contributed by atoms with E-state index in [1.54, 1.807) is 0 Å². The molecule has 0 aromatic carbocycles. The van der Waals surface area contributed by atoms with Gasteiger partial charge in [-0.25, -0.2) is 9.59 Å². The van der Waals surface area contributed by atoms with Gasteiger partial charge in [0.25, 0.3) is 0 Å². The van der Waals surface area contributed by atoms with Crippen molar-refractivity contribution in [2.75, 3.05) is 13.2 Å². The van der Waals surface area contributed by atoms with Gasteiger partial charge in [-0.1, -0.05) is 13.3 Å². The number of carbonyl (C=O) groups excluding carboxylic acids is 1. The molecule has 2 amide bonds. The molecule has 19 heavy (non-hydrogen) atoms. The van der Waals surface area contributed by atoms with E-state index in [0.29, 0.717) is 25.4 Å². The van der Waals surface area contributed by atoms with E-state index in [9.17, 15) is 14.7 Å². The molecule has 3 N–H and O–H groups in total. The lowest BCUT2D eigenvalue weighted by molar-refractivity contribution is -0.144. The van der Waals surface area contributed by atoms with E-state index in [2.05, 4.69) is 10.6 Å². The first-order valence-corrected chi connectivity index (χ1v) is 6.79. The van der Waals surface area contributed by atoms with Crippen molar-refractivity contribution in [1.82, 2.24) is 10.6 Å². The highest BCUT2D eigenvalue weighted by molar-refractivity contribution is 5.85. The summed E-state index contributed by atoms with van der Waals surface area (Å²) in [7, 11) is 0. The Morgan fingerprint density at radius 2 is 2.21 bits per heavy atom. The Morgan fingerprint density at radius 1 is 1.53 bits per heavy atom. The molecule has 0 spiro atoms. The van der Waals surface area contributed by atoms with Crippen LogP contribution in [0.25, 0.3) is 0 Å². The molecule has 0 aromatic rings.